The molecule has 0 fully saturated rings. The van der Waals surface area contributed by atoms with Crippen molar-refractivity contribution in [3.8, 4) is 6.07 Å². The van der Waals surface area contributed by atoms with E-state index in [1.165, 1.54) is 6.07 Å². The lowest BCUT2D eigenvalue weighted by atomic mass is 10.3. The minimum Gasteiger partial charge on any atom is -0.383 e. The molecular weight excluding hydrogens is 144 g/mol. The fourth-order valence-corrected chi connectivity index (χ4v) is 0.710. The summed E-state index contributed by atoms with van der Waals surface area (Å²) in [7, 11) is 0. The molecule has 1 rings (SSSR count). The highest BCUT2D eigenvalue weighted by Gasteiger charge is 1.95. The Balaban J connectivity index is 3.11. The van der Waals surface area contributed by atoms with E-state index in [9.17, 15) is 4.79 Å². The summed E-state index contributed by atoms with van der Waals surface area (Å²) in [4.78, 5) is 16.4. The number of anilines is 1. The lowest BCUT2D eigenvalue weighted by Crippen LogP contribution is -2.14. The summed E-state index contributed by atoms with van der Waals surface area (Å²) in [5.41, 5.74) is 5.22. The molecule has 0 saturated carbocycles. The van der Waals surface area contributed by atoms with E-state index in [0.29, 0.717) is 5.69 Å². The number of H-pyrrole nitrogens is 1. The first-order valence-corrected chi connectivity index (χ1v) is 2.95. The van der Waals surface area contributed by atoms with E-state index in [4.69, 9.17) is 11.0 Å². The summed E-state index contributed by atoms with van der Waals surface area (Å²) < 4.78 is 0. The molecule has 5 nitrogen and oxygen atoms in total. The van der Waals surface area contributed by atoms with Crippen molar-refractivity contribution in [2.45, 2.75) is 6.42 Å². The number of hydrogen-bond acceptors (Lipinski definition) is 4. The van der Waals surface area contributed by atoms with E-state index in [1.54, 1.807) is 0 Å². The van der Waals surface area contributed by atoms with Crippen LogP contribution in [0.2, 0.25) is 0 Å². The summed E-state index contributed by atoms with van der Waals surface area (Å²) >= 11 is 0. The second kappa shape index (κ2) is 2.84. The van der Waals surface area contributed by atoms with Crippen LogP contribution in [0.3, 0.4) is 0 Å². The van der Waals surface area contributed by atoms with Crippen molar-refractivity contribution in [1.29, 1.82) is 5.26 Å². The van der Waals surface area contributed by atoms with Crippen LogP contribution in [0.4, 0.5) is 5.82 Å². The van der Waals surface area contributed by atoms with E-state index in [1.807, 2.05) is 6.07 Å². The number of aromatic amines is 1. The van der Waals surface area contributed by atoms with E-state index >= 15 is 0 Å². The van der Waals surface area contributed by atoms with Crippen LogP contribution in [0.5, 0.6) is 0 Å². The second-order valence-electron chi connectivity index (χ2n) is 1.97. The highest BCUT2D eigenvalue weighted by Crippen LogP contribution is 1.95. The molecule has 0 saturated heterocycles. The zero-order chi connectivity index (χ0) is 8.27. The Hall–Kier alpha value is -1.83. The maximum absolute atomic E-state index is 10.6. The standard InChI is InChI=1S/C6H6N4O/c7-2-1-4-3-5(8)10-6(11)9-4/h3H,1H2,(H3,8,9,10,11). The number of hydrogen-bond donors (Lipinski definition) is 2. The first kappa shape index (κ1) is 7.28. The molecule has 0 aliphatic carbocycles. The molecule has 0 radical (unpaired) electrons. The Kier molecular flexibility index (Phi) is 1.88. The number of nitrogens with one attached hydrogen (secondary N) is 1. The Morgan fingerprint density at radius 1 is 1.82 bits per heavy atom. The second-order valence-corrected chi connectivity index (χ2v) is 1.97. The monoisotopic (exact) mass is 150 g/mol. The van der Waals surface area contributed by atoms with Gasteiger partial charge in [0, 0.05) is 11.8 Å². The van der Waals surface area contributed by atoms with Gasteiger partial charge >= 0.3 is 5.69 Å². The van der Waals surface area contributed by atoms with Crippen LogP contribution in [0.1, 0.15) is 5.69 Å². The van der Waals surface area contributed by atoms with E-state index < -0.39 is 5.69 Å². The average Bonchev–Trinajstić information content (AvgIpc) is 1.85. The van der Waals surface area contributed by atoms with Crippen LogP contribution in [-0.4, -0.2) is 9.97 Å². The third-order valence-corrected chi connectivity index (χ3v) is 1.09. The number of nitrogens with zero attached hydrogens (tertiary/aromatic N) is 2. The number of nitrogen functional groups attached to an aromatic ring is 1. The van der Waals surface area contributed by atoms with Gasteiger partial charge in [0.1, 0.15) is 5.82 Å². The Morgan fingerprint density at radius 3 is 3.09 bits per heavy atom. The van der Waals surface area contributed by atoms with Gasteiger partial charge in [-0.25, -0.2) is 4.79 Å². The van der Waals surface area contributed by atoms with Gasteiger partial charge in [0.2, 0.25) is 0 Å². The molecule has 1 aromatic heterocycles. The van der Waals surface area contributed by atoms with Crippen molar-refractivity contribution in [2.75, 3.05) is 5.73 Å². The maximum atomic E-state index is 10.6. The van der Waals surface area contributed by atoms with E-state index in [-0.39, 0.29) is 12.2 Å². The number of rotatable bonds is 1. The molecule has 0 aliphatic heterocycles. The molecule has 1 aromatic rings. The number of nitriles is 1. The van der Waals surface area contributed by atoms with Gasteiger partial charge in [-0.1, -0.05) is 0 Å². The van der Waals surface area contributed by atoms with Crippen LogP contribution < -0.4 is 11.4 Å². The van der Waals surface area contributed by atoms with Crippen LogP contribution in [0, 0.1) is 11.3 Å². The van der Waals surface area contributed by atoms with Crippen molar-refractivity contribution < 1.29 is 0 Å². The molecule has 0 amide bonds. The summed E-state index contributed by atoms with van der Waals surface area (Å²) in [5.74, 6) is 0.138. The molecule has 0 aliphatic rings. The fourth-order valence-electron chi connectivity index (χ4n) is 0.710. The molecule has 56 valence electrons. The van der Waals surface area contributed by atoms with Crippen LogP contribution in [0.15, 0.2) is 10.9 Å². The van der Waals surface area contributed by atoms with Crippen molar-refractivity contribution in [3.05, 3.63) is 22.2 Å². The van der Waals surface area contributed by atoms with Crippen molar-refractivity contribution in [1.82, 2.24) is 9.97 Å². The first-order valence-electron chi connectivity index (χ1n) is 2.95. The molecule has 0 unspecified atom stereocenters. The van der Waals surface area contributed by atoms with Gasteiger partial charge < -0.3 is 10.7 Å². The Morgan fingerprint density at radius 2 is 2.55 bits per heavy atom. The summed E-state index contributed by atoms with van der Waals surface area (Å²) in [6.45, 7) is 0. The first-order chi connectivity index (χ1) is 5.22. The van der Waals surface area contributed by atoms with E-state index in [2.05, 4.69) is 9.97 Å². The van der Waals surface area contributed by atoms with Gasteiger partial charge in [0.25, 0.3) is 0 Å². The third-order valence-electron chi connectivity index (χ3n) is 1.09. The molecule has 3 N–H and O–H groups in total. The van der Waals surface area contributed by atoms with Gasteiger partial charge in [-0.3, -0.25) is 0 Å². The van der Waals surface area contributed by atoms with Crippen molar-refractivity contribution in [3.63, 3.8) is 0 Å². The van der Waals surface area contributed by atoms with Crippen LogP contribution in [-0.2, 0) is 6.42 Å². The maximum Gasteiger partial charge on any atom is 0.347 e. The summed E-state index contributed by atoms with van der Waals surface area (Å²) in [5, 5.41) is 8.27. The van der Waals surface area contributed by atoms with Gasteiger partial charge in [0.15, 0.2) is 0 Å². The van der Waals surface area contributed by atoms with Gasteiger partial charge in [-0.2, -0.15) is 10.2 Å². The summed E-state index contributed by atoms with van der Waals surface area (Å²) in [6, 6.07) is 3.35. The largest absolute Gasteiger partial charge is 0.383 e. The highest BCUT2D eigenvalue weighted by molar-refractivity contribution is 5.28. The molecule has 1 heterocycles. The molecule has 0 spiro atoms. The average molecular weight is 150 g/mol. The summed E-state index contributed by atoms with van der Waals surface area (Å²) in [6.07, 6.45) is 0.141. The Bertz CT molecular complexity index is 348. The molecule has 0 aromatic carbocycles. The van der Waals surface area contributed by atoms with E-state index in [0.717, 1.165) is 0 Å². The molecular formula is C6H6N4O. The minimum atomic E-state index is -0.518. The van der Waals surface area contributed by atoms with Crippen LogP contribution >= 0.6 is 0 Å². The zero-order valence-electron chi connectivity index (χ0n) is 5.66. The van der Waals surface area contributed by atoms with Crippen molar-refractivity contribution >= 4 is 5.82 Å². The zero-order valence-corrected chi connectivity index (χ0v) is 5.66. The normalized spacial score (nSPS) is 9.00. The minimum absolute atomic E-state index is 0.138. The number of nitrogens with two attached hydrogens (primary N) is 1. The SMILES string of the molecule is N#CCc1cc(N)nc(=O)[nH]1. The van der Waals surface area contributed by atoms with Gasteiger partial charge in [-0.15, -0.1) is 0 Å². The predicted molar refractivity (Wildman–Crippen MR) is 38.6 cm³/mol. The van der Waals surface area contributed by atoms with Gasteiger partial charge in [-0.05, 0) is 0 Å². The van der Waals surface area contributed by atoms with Gasteiger partial charge in [0.05, 0.1) is 12.5 Å². The lowest BCUT2D eigenvalue weighted by Gasteiger charge is -1.93. The quantitative estimate of drug-likeness (QED) is 0.559. The lowest BCUT2D eigenvalue weighted by molar-refractivity contribution is 1.00. The molecule has 0 bridgehead atoms. The number of aromatic nitrogens is 2. The molecule has 5 heteroatoms. The fraction of sp³-hybridized carbons (Fsp3) is 0.167. The topological polar surface area (TPSA) is 95.6 Å². The molecule has 0 atom stereocenters. The highest BCUT2D eigenvalue weighted by atomic mass is 16.1. The smallest absolute Gasteiger partial charge is 0.347 e. The van der Waals surface area contributed by atoms with Crippen molar-refractivity contribution in [2.24, 2.45) is 0 Å². The molecule has 11 heavy (non-hydrogen) atoms. The predicted octanol–water partition coefficient (Wildman–Crippen LogP) is -0.582. The van der Waals surface area contributed by atoms with Crippen LogP contribution in [0.25, 0.3) is 0 Å². The Labute approximate surface area is 62.5 Å². The third kappa shape index (κ3) is 1.79.